The lowest BCUT2D eigenvalue weighted by Crippen LogP contribution is -2.35. The van der Waals surface area contributed by atoms with E-state index in [1.807, 2.05) is 0 Å². The SMILES string of the molecule is COc1cc(NC(=O)COc2ccccc2F)ccc1N1CCCCC1=O. The molecule has 1 N–H and O–H groups in total. The van der Waals surface area contributed by atoms with Gasteiger partial charge in [0.2, 0.25) is 5.91 Å². The van der Waals surface area contributed by atoms with Gasteiger partial charge in [-0.15, -0.1) is 0 Å². The van der Waals surface area contributed by atoms with Gasteiger partial charge < -0.3 is 19.7 Å². The predicted octanol–water partition coefficient (Wildman–Crippen LogP) is 3.37. The van der Waals surface area contributed by atoms with Crippen molar-refractivity contribution in [3.05, 3.63) is 48.3 Å². The Balaban J connectivity index is 1.65. The van der Waals surface area contributed by atoms with Crippen molar-refractivity contribution < 1.29 is 23.5 Å². The third kappa shape index (κ3) is 4.55. The number of nitrogens with zero attached hydrogens (tertiary/aromatic N) is 1. The molecule has 0 bridgehead atoms. The number of anilines is 2. The fourth-order valence-corrected chi connectivity index (χ4v) is 2.94. The van der Waals surface area contributed by atoms with Crippen LogP contribution in [0.1, 0.15) is 19.3 Å². The van der Waals surface area contributed by atoms with Crippen LogP contribution in [0.5, 0.6) is 11.5 Å². The van der Waals surface area contributed by atoms with Gasteiger partial charge in [0, 0.05) is 24.7 Å². The van der Waals surface area contributed by atoms with Crippen LogP contribution >= 0.6 is 0 Å². The number of ether oxygens (including phenoxy) is 2. The van der Waals surface area contributed by atoms with Crippen LogP contribution in [0.15, 0.2) is 42.5 Å². The summed E-state index contributed by atoms with van der Waals surface area (Å²) in [6.45, 7) is 0.326. The monoisotopic (exact) mass is 372 g/mol. The van der Waals surface area contributed by atoms with Gasteiger partial charge in [-0.05, 0) is 37.1 Å². The van der Waals surface area contributed by atoms with Crippen molar-refractivity contribution in [2.75, 3.05) is 30.5 Å². The molecule has 2 amide bonds. The summed E-state index contributed by atoms with van der Waals surface area (Å²) in [5.74, 6) is -0.374. The molecule has 0 atom stereocenters. The van der Waals surface area contributed by atoms with E-state index in [4.69, 9.17) is 9.47 Å². The lowest BCUT2D eigenvalue weighted by atomic mass is 10.1. The number of rotatable bonds is 6. The molecule has 7 heteroatoms. The Morgan fingerprint density at radius 1 is 1.19 bits per heavy atom. The third-order valence-electron chi connectivity index (χ3n) is 4.27. The number of benzene rings is 2. The van der Waals surface area contributed by atoms with Gasteiger partial charge >= 0.3 is 0 Å². The second-order valence-corrected chi connectivity index (χ2v) is 6.16. The minimum absolute atomic E-state index is 0.0178. The van der Waals surface area contributed by atoms with E-state index in [9.17, 15) is 14.0 Å². The van der Waals surface area contributed by atoms with E-state index in [0.717, 1.165) is 12.8 Å². The first-order valence-electron chi connectivity index (χ1n) is 8.74. The molecule has 1 saturated heterocycles. The number of methoxy groups -OCH3 is 1. The summed E-state index contributed by atoms with van der Waals surface area (Å²) in [6.07, 6.45) is 2.36. The molecule has 1 aliphatic rings. The molecule has 142 valence electrons. The van der Waals surface area contributed by atoms with Gasteiger partial charge in [-0.1, -0.05) is 12.1 Å². The second kappa shape index (κ2) is 8.53. The van der Waals surface area contributed by atoms with Crippen LogP contribution in [0.4, 0.5) is 15.8 Å². The number of para-hydroxylation sites is 1. The van der Waals surface area contributed by atoms with Crippen molar-refractivity contribution in [2.45, 2.75) is 19.3 Å². The average Bonchev–Trinajstić information content (AvgIpc) is 2.68. The molecule has 27 heavy (non-hydrogen) atoms. The molecule has 6 nitrogen and oxygen atoms in total. The van der Waals surface area contributed by atoms with Crippen LogP contribution in [0.3, 0.4) is 0 Å². The first kappa shape index (κ1) is 18.7. The van der Waals surface area contributed by atoms with Gasteiger partial charge in [-0.3, -0.25) is 9.59 Å². The Morgan fingerprint density at radius 2 is 2.00 bits per heavy atom. The topological polar surface area (TPSA) is 67.9 Å². The molecule has 2 aromatic rings. The number of carbonyl (C=O) groups is 2. The van der Waals surface area contributed by atoms with Gasteiger partial charge in [0.15, 0.2) is 18.2 Å². The maximum Gasteiger partial charge on any atom is 0.262 e. The van der Waals surface area contributed by atoms with Gasteiger partial charge in [-0.2, -0.15) is 0 Å². The zero-order chi connectivity index (χ0) is 19.2. The summed E-state index contributed by atoms with van der Waals surface area (Å²) in [7, 11) is 1.51. The van der Waals surface area contributed by atoms with E-state index in [0.29, 0.717) is 30.1 Å². The molecule has 3 rings (SSSR count). The van der Waals surface area contributed by atoms with Crippen molar-refractivity contribution in [3.8, 4) is 11.5 Å². The van der Waals surface area contributed by atoms with E-state index in [-0.39, 0.29) is 18.3 Å². The number of piperidine rings is 1. The van der Waals surface area contributed by atoms with Gasteiger partial charge in [0.05, 0.1) is 12.8 Å². The summed E-state index contributed by atoms with van der Waals surface area (Å²) in [5.41, 5.74) is 1.19. The summed E-state index contributed by atoms with van der Waals surface area (Å²) in [5, 5.41) is 2.68. The Labute approximate surface area is 156 Å². The number of halogens is 1. The molecule has 2 aromatic carbocycles. The lowest BCUT2D eigenvalue weighted by molar-refractivity contribution is -0.119. The van der Waals surface area contributed by atoms with Crippen LogP contribution < -0.4 is 19.7 Å². The summed E-state index contributed by atoms with van der Waals surface area (Å²) < 4.78 is 24.1. The lowest BCUT2D eigenvalue weighted by Gasteiger charge is -2.28. The van der Waals surface area contributed by atoms with Crippen LogP contribution in [0.2, 0.25) is 0 Å². The smallest absolute Gasteiger partial charge is 0.262 e. The van der Waals surface area contributed by atoms with Crippen LogP contribution in [-0.4, -0.2) is 32.1 Å². The van der Waals surface area contributed by atoms with Crippen LogP contribution in [-0.2, 0) is 9.59 Å². The number of hydrogen-bond donors (Lipinski definition) is 1. The van der Waals surface area contributed by atoms with Crippen molar-refractivity contribution in [1.29, 1.82) is 0 Å². The normalized spacial score (nSPS) is 14.0. The molecule has 1 fully saturated rings. The molecule has 0 aromatic heterocycles. The van der Waals surface area contributed by atoms with Crippen molar-refractivity contribution in [2.24, 2.45) is 0 Å². The molecule has 1 heterocycles. The summed E-state index contributed by atoms with van der Waals surface area (Å²) in [6, 6.07) is 11.0. The number of amides is 2. The van der Waals surface area contributed by atoms with Crippen LogP contribution in [0.25, 0.3) is 0 Å². The molecule has 0 aliphatic carbocycles. The molecule has 1 aliphatic heterocycles. The molecule has 0 spiro atoms. The maximum absolute atomic E-state index is 13.5. The molecule has 0 unspecified atom stereocenters. The zero-order valence-corrected chi connectivity index (χ0v) is 15.0. The number of nitrogens with one attached hydrogen (secondary N) is 1. The minimum Gasteiger partial charge on any atom is -0.494 e. The highest BCUT2D eigenvalue weighted by atomic mass is 19.1. The van der Waals surface area contributed by atoms with Crippen molar-refractivity contribution in [3.63, 3.8) is 0 Å². The molecular formula is C20H21FN2O4. The number of carbonyl (C=O) groups excluding carboxylic acids is 2. The first-order chi connectivity index (χ1) is 13.1. The molecule has 0 saturated carbocycles. The van der Waals surface area contributed by atoms with E-state index in [1.165, 1.54) is 19.2 Å². The second-order valence-electron chi connectivity index (χ2n) is 6.16. The Morgan fingerprint density at radius 3 is 2.74 bits per heavy atom. The molecule has 0 radical (unpaired) electrons. The van der Waals surface area contributed by atoms with Crippen molar-refractivity contribution >= 4 is 23.2 Å². The van der Waals surface area contributed by atoms with Crippen molar-refractivity contribution in [1.82, 2.24) is 0 Å². The van der Waals surface area contributed by atoms with Gasteiger partial charge in [0.1, 0.15) is 5.75 Å². The fraction of sp³-hybridized carbons (Fsp3) is 0.300. The van der Waals surface area contributed by atoms with Gasteiger partial charge in [0.25, 0.3) is 5.91 Å². The third-order valence-corrected chi connectivity index (χ3v) is 4.27. The summed E-state index contributed by atoms with van der Waals surface area (Å²) >= 11 is 0. The number of hydrogen-bond acceptors (Lipinski definition) is 4. The maximum atomic E-state index is 13.5. The van der Waals surface area contributed by atoms with E-state index < -0.39 is 11.7 Å². The van der Waals surface area contributed by atoms with E-state index >= 15 is 0 Å². The van der Waals surface area contributed by atoms with E-state index in [2.05, 4.69) is 5.32 Å². The highest BCUT2D eigenvalue weighted by molar-refractivity contribution is 5.97. The van der Waals surface area contributed by atoms with Crippen LogP contribution in [0, 0.1) is 5.82 Å². The first-order valence-corrected chi connectivity index (χ1v) is 8.74. The minimum atomic E-state index is -0.525. The molecular weight excluding hydrogens is 351 g/mol. The Hall–Kier alpha value is -3.09. The Kier molecular flexibility index (Phi) is 5.90. The fourth-order valence-electron chi connectivity index (χ4n) is 2.94. The van der Waals surface area contributed by atoms with E-state index in [1.54, 1.807) is 35.2 Å². The highest BCUT2D eigenvalue weighted by Crippen LogP contribution is 2.33. The predicted molar refractivity (Wildman–Crippen MR) is 99.7 cm³/mol. The summed E-state index contributed by atoms with van der Waals surface area (Å²) in [4.78, 5) is 25.9. The standard InChI is InChI=1S/C20H21FN2O4/c1-26-18-12-14(9-10-16(18)23-11-5-4-8-20(23)25)22-19(24)13-27-17-7-3-2-6-15(17)21/h2-3,6-7,9-10,12H,4-5,8,11,13H2,1H3,(H,22,24). The highest BCUT2D eigenvalue weighted by Gasteiger charge is 2.22. The zero-order valence-electron chi connectivity index (χ0n) is 15.0. The quantitative estimate of drug-likeness (QED) is 0.844. The average molecular weight is 372 g/mol. The largest absolute Gasteiger partial charge is 0.494 e. The Bertz CT molecular complexity index is 840. The van der Waals surface area contributed by atoms with Gasteiger partial charge in [-0.25, -0.2) is 4.39 Å².